The van der Waals surface area contributed by atoms with Crippen molar-refractivity contribution in [1.29, 1.82) is 0 Å². The van der Waals surface area contributed by atoms with Crippen LogP contribution in [0.4, 0.5) is 0 Å². The molecule has 0 radical (unpaired) electrons. The quantitative estimate of drug-likeness (QED) is 0.492. The zero-order chi connectivity index (χ0) is 21.5. The van der Waals surface area contributed by atoms with Gasteiger partial charge in [-0.1, -0.05) is 24.3 Å². The van der Waals surface area contributed by atoms with E-state index in [0.717, 1.165) is 39.8 Å². The number of aryl methyl sites for hydroxylation is 1. The number of rotatable bonds is 5. The van der Waals surface area contributed by atoms with Gasteiger partial charge in [-0.2, -0.15) is 4.98 Å². The second kappa shape index (κ2) is 7.61. The summed E-state index contributed by atoms with van der Waals surface area (Å²) >= 11 is 0. The molecule has 6 heteroatoms. The van der Waals surface area contributed by atoms with E-state index in [0.29, 0.717) is 30.1 Å². The monoisotopic (exact) mass is 412 g/mol. The van der Waals surface area contributed by atoms with Crippen molar-refractivity contribution < 1.29 is 4.74 Å². The second-order valence-electron chi connectivity index (χ2n) is 8.21. The van der Waals surface area contributed by atoms with E-state index in [2.05, 4.69) is 34.2 Å². The molecule has 1 aromatic carbocycles. The van der Waals surface area contributed by atoms with Gasteiger partial charge >= 0.3 is 0 Å². The fourth-order valence-corrected chi connectivity index (χ4v) is 4.03. The van der Waals surface area contributed by atoms with E-state index in [1.54, 1.807) is 23.9 Å². The highest BCUT2D eigenvalue weighted by Crippen LogP contribution is 2.47. The lowest BCUT2D eigenvalue weighted by molar-refractivity contribution is 0.285. The maximum absolute atomic E-state index is 11.9. The van der Waals surface area contributed by atoms with Crippen LogP contribution in [-0.2, 0) is 7.05 Å². The van der Waals surface area contributed by atoms with E-state index in [1.165, 1.54) is 0 Å². The smallest absolute Gasteiger partial charge is 0.250 e. The van der Waals surface area contributed by atoms with Crippen molar-refractivity contribution in [2.75, 3.05) is 6.61 Å². The van der Waals surface area contributed by atoms with Gasteiger partial charge in [-0.25, -0.2) is 4.98 Å². The molecule has 0 spiro atoms. The molecule has 0 bridgehead atoms. The Kier molecular flexibility index (Phi) is 4.77. The van der Waals surface area contributed by atoms with E-state index in [1.807, 2.05) is 32.0 Å². The summed E-state index contributed by atoms with van der Waals surface area (Å²) in [4.78, 5) is 25.7. The van der Waals surface area contributed by atoms with E-state index in [-0.39, 0.29) is 5.56 Å². The molecule has 0 N–H and O–H groups in total. The number of hydrogen-bond donors (Lipinski definition) is 0. The SMILES string of the molecule is Cc1ncc(-c2ccc(=O)n(C)c2C)c(OCC2C[C@H]2c2ccc3ccccc3n2)n1. The van der Waals surface area contributed by atoms with Gasteiger partial charge in [0, 0.05) is 53.5 Å². The summed E-state index contributed by atoms with van der Waals surface area (Å²) in [5.41, 5.74) is 4.68. The van der Waals surface area contributed by atoms with Crippen LogP contribution in [-0.4, -0.2) is 26.1 Å². The highest BCUT2D eigenvalue weighted by Gasteiger charge is 2.40. The predicted molar refractivity (Wildman–Crippen MR) is 120 cm³/mol. The van der Waals surface area contributed by atoms with Crippen LogP contribution in [0.5, 0.6) is 5.88 Å². The molecule has 31 heavy (non-hydrogen) atoms. The third-order valence-corrected chi connectivity index (χ3v) is 6.14. The van der Waals surface area contributed by atoms with Gasteiger partial charge in [0.15, 0.2) is 0 Å². The third-order valence-electron chi connectivity index (χ3n) is 6.14. The van der Waals surface area contributed by atoms with Gasteiger partial charge in [-0.05, 0) is 38.5 Å². The Labute approximate surface area is 180 Å². The Morgan fingerprint density at radius 3 is 2.74 bits per heavy atom. The van der Waals surface area contributed by atoms with Gasteiger partial charge in [0.25, 0.3) is 0 Å². The zero-order valence-electron chi connectivity index (χ0n) is 17.9. The lowest BCUT2D eigenvalue weighted by Crippen LogP contribution is -2.18. The first-order chi connectivity index (χ1) is 15.0. The fourth-order valence-electron chi connectivity index (χ4n) is 4.03. The molecule has 4 aromatic rings. The minimum atomic E-state index is -0.0412. The number of pyridine rings is 2. The van der Waals surface area contributed by atoms with Crippen LogP contribution in [0.15, 0.2) is 59.5 Å². The largest absolute Gasteiger partial charge is 0.477 e. The topological polar surface area (TPSA) is 69.9 Å². The zero-order valence-corrected chi connectivity index (χ0v) is 17.9. The molecule has 3 heterocycles. The minimum absolute atomic E-state index is 0.0412. The van der Waals surface area contributed by atoms with Crippen molar-refractivity contribution in [1.82, 2.24) is 19.5 Å². The molecular formula is C25H24N4O2. The van der Waals surface area contributed by atoms with Crippen LogP contribution in [0.1, 0.15) is 29.6 Å². The predicted octanol–water partition coefficient (Wildman–Crippen LogP) is 4.19. The van der Waals surface area contributed by atoms with E-state index in [9.17, 15) is 4.79 Å². The van der Waals surface area contributed by atoms with Gasteiger partial charge in [0.1, 0.15) is 5.82 Å². The molecular weight excluding hydrogens is 388 g/mol. The van der Waals surface area contributed by atoms with Crippen molar-refractivity contribution in [3.63, 3.8) is 0 Å². The normalized spacial score (nSPS) is 17.6. The van der Waals surface area contributed by atoms with Crippen LogP contribution in [0.25, 0.3) is 22.0 Å². The highest BCUT2D eigenvalue weighted by molar-refractivity contribution is 5.78. The average Bonchev–Trinajstić information content (AvgIpc) is 3.56. The minimum Gasteiger partial charge on any atom is -0.477 e. The summed E-state index contributed by atoms with van der Waals surface area (Å²) in [6, 6.07) is 15.8. The van der Waals surface area contributed by atoms with E-state index in [4.69, 9.17) is 9.72 Å². The molecule has 0 aliphatic heterocycles. The Balaban J connectivity index is 1.36. The van der Waals surface area contributed by atoms with Crippen LogP contribution in [0.2, 0.25) is 0 Å². The van der Waals surface area contributed by atoms with Crippen molar-refractivity contribution >= 4 is 10.9 Å². The summed E-state index contributed by atoms with van der Waals surface area (Å²) in [6.45, 7) is 4.35. The van der Waals surface area contributed by atoms with Crippen LogP contribution in [0, 0.1) is 19.8 Å². The fraction of sp³-hybridized carbons (Fsp3) is 0.280. The first-order valence-corrected chi connectivity index (χ1v) is 10.5. The van der Waals surface area contributed by atoms with Gasteiger partial charge in [-0.3, -0.25) is 9.78 Å². The van der Waals surface area contributed by atoms with Crippen molar-refractivity contribution in [3.8, 4) is 17.0 Å². The number of para-hydroxylation sites is 1. The van der Waals surface area contributed by atoms with Crippen molar-refractivity contribution in [2.24, 2.45) is 13.0 Å². The summed E-state index contributed by atoms with van der Waals surface area (Å²) < 4.78 is 7.82. The molecule has 1 saturated carbocycles. The molecule has 2 atom stereocenters. The molecule has 1 aliphatic carbocycles. The second-order valence-corrected chi connectivity index (χ2v) is 8.21. The van der Waals surface area contributed by atoms with Crippen LogP contribution < -0.4 is 10.3 Å². The maximum Gasteiger partial charge on any atom is 0.250 e. The van der Waals surface area contributed by atoms with E-state index >= 15 is 0 Å². The number of ether oxygens (including phenoxy) is 1. The number of aromatic nitrogens is 4. The summed E-state index contributed by atoms with van der Waals surface area (Å²) in [5.74, 6) is 2.05. The average molecular weight is 412 g/mol. The molecule has 0 saturated heterocycles. The summed E-state index contributed by atoms with van der Waals surface area (Å²) in [5, 5.41) is 1.16. The molecule has 1 unspecified atom stereocenters. The lowest BCUT2D eigenvalue weighted by Gasteiger charge is -2.14. The standard InChI is InChI=1S/C25H24N4O2/c1-15-19(9-11-24(30)29(15)3)21-13-26-16(2)27-25(21)31-14-18-12-20(18)23-10-8-17-6-4-5-7-22(17)28-23/h4-11,13,18,20H,12,14H2,1-3H3/t18?,20-/m1/s1. The number of fused-ring (bicyclic) bond motifs is 1. The lowest BCUT2D eigenvalue weighted by atomic mass is 10.1. The Morgan fingerprint density at radius 2 is 1.87 bits per heavy atom. The van der Waals surface area contributed by atoms with Crippen LogP contribution in [0.3, 0.4) is 0 Å². The maximum atomic E-state index is 11.9. The summed E-state index contributed by atoms with van der Waals surface area (Å²) in [7, 11) is 1.77. The first-order valence-electron chi connectivity index (χ1n) is 10.5. The molecule has 1 fully saturated rings. The Hall–Kier alpha value is -3.54. The number of hydrogen-bond acceptors (Lipinski definition) is 5. The van der Waals surface area contributed by atoms with Gasteiger partial charge < -0.3 is 9.30 Å². The van der Waals surface area contributed by atoms with Crippen molar-refractivity contribution in [3.05, 3.63) is 82.3 Å². The van der Waals surface area contributed by atoms with Crippen molar-refractivity contribution in [2.45, 2.75) is 26.2 Å². The third kappa shape index (κ3) is 3.69. The number of nitrogens with zero attached hydrogens (tertiary/aromatic N) is 4. The molecule has 156 valence electrons. The molecule has 5 rings (SSSR count). The molecule has 1 aliphatic rings. The number of benzene rings is 1. The summed E-state index contributed by atoms with van der Waals surface area (Å²) in [6.07, 6.45) is 2.84. The van der Waals surface area contributed by atoms with Crippen LogP contribution >= 0.6 is 0 Å². The van der Waals surface area contributed by atoms with Gasteiger partial charge in [-0.15, -0.1) is 0 Å². The first kappa shape index (κ1) is 19.4. The Morgan fingerprint density at radius 1 is 1.03 bits per heavy atom. The Bertz CT molecular complexity index is 1350. The molecule has 3 aromatic heterocycles. The van der Waals surface area contributed by atoms with Gasteiger partial charge in [0.05, 0.1) is 17.7 Å². The van der Waals surface area contributed by atoms with Gasteiger partial charge in [0.2, 0.25) is 11.4 Å². The molecule has 0 amide bonds. The highest BCUT2D eigenvalue weighted by atomic mass is 16.5. The molecule has 6 nitrogen and oxygen atoms in total. The van der Waals surface area contributed by atoms with E-state index < -0.39 is 0 Å².